The molecular formula is C18H29FIN3OS. The lowest BCUT2D eigenvalue weighted by atomic mass is 9.99. The van der Waals surface area contributed by atoms with E-state index in [2.05, 4.69) is 23.8 Å². The summed E-state index contributed by atoms with van der Waals surface area (Å²) in [7, 11) is 0. The summed E-state index contributed by atoms with van der Waals surface area (Å²) >= 11 is 1.90. The van der Waals surface area contributed by atoms with Gasteiger partial charge in [0.1, 0.15) is 5.82 Å². The second kappa shape index (κ2) is 12.0. The van der Waals surface area contributed by atoms with Crippen LogP contribution in [0.3, 0.4) is 0 Å². The Morgan fingerprint density at radius 1 is 1.24 bits per heavy atom. The second-order valence-corrected chi connectivity index (χ2v) is 7.27. The topological polar surface area (TPSA) is 45.7 Å². The van der Waals surface area contributed by atoms with Crippen LogP contribution in [0.15, 0.2) is 29.3 Å². The van der Waals surface area contributed by atoms with Gasteiger partial charge in [-0.3, -0.25) is 4.99 Å². The summed E-state index contributed by atoms with van der Waals surface area (Å²) in [6, 6.07) is 6.65. The summed E-state index contributed by atoms with van der Waals surface area (Å²) in [6.45, 7) is 6.11. The van der Waals surface area contributed by atoms with Crippen LogP contribution in [-0.2, 0) is 11.2 Å². The summed E-state index contributed by atoms with van der Waals surface area (Å²) < 4.78 is 18.6. The van der Waals surface area contributed by atoms with Crippen molar-refractivity contribution in [2.45, 2.75) is 30.9 Å². The van der Waals surface area contributed by atoms with E-state index in [0.29, 0.717) is 0 Å². The van der Waals surface area contributed by atoms with Crippen molar-refractivity contribution in [2.24, 2.45) is 4.99 Å². The maximum Gasteiger partial charge on any atom is 0.191 e. The molecule has 0 aliphatic carbocycles. The first-order valence-electron chi connectivity index (χ1n) is 8.57. The monoisotopic (exact) mass is 481 g/mol. The lowest BCUT2D eigenvalue weighted by molar-refractivity contribution is 0.0794. The SMILES string of the molecule is CCNC(=NCC1(SC)CCOCC1)NCCc1ccc(F)cc1.I. The first-order valence-corrected chi connectivity index (χ1v) is 9.79. The standard InChI is InChI=1S/C18H28FN3OS.HI/c1-3-20-17(21-11-8-15-4-6-16(19)7-5-15)22-14-18(24-2)9-12-23-13-10-18;/h4-7H,3,8-14H2,1-2H3,(H2,20,21,22);1H. The molecule has 4 nitrogen and oxygen atoms in total. The van der Waals surface area contributed by atoms with Crippen molar-refractivity contribution >= 4 is 41.7 Å². The molecule has 1 fully saturated rings. The van der Waals surface area contributed by atoms with Crippen LogP contribution >= 0.6 is 35.7 Å². The summed E-state index contributed by atoms with van der Waals surface area (Å²) in [5, 5.41) is 6.67. The number of hydrogen-bond donors (Lipinski definition) is 2. The first-order chi connectivity index (χ1) is 11.7. The van der Waals surface area contributed by atoms with Gasteiger partial charge < -0.3 is 15.4 Å². The maximum atomic E-state index is 12.9. The Kier molecular flexibility index (Phi) is 10.8. The highest BCUT2D eigenvalue weighted by Crippen LogP contribution is 2.33. The average molecular weight is 481 g/mol. The molecule has 142 valence electrons. The van der Waals surface area contributed by atoms with E-state index in [1.165, 1.54) is 12.1 Å². The van der Waals surface area contributed by atoms with E-state index in [-0.39, 0.29) is 34.5 Å². The highest BCUT2D eigenvalue weighted by atomic mass is 127. The molecule has 1 aliphatic rings. The quantitative estimate of drug-likeness (QED) is 0.356. The van der Waals surface area contributed by atoms with Crippen molar-refractivity contribution in [1.29, 1.82) is 0 Å². The lowest BCUT2D eigenvalue weighted by Gasteiger charge is -2.34. The highest BCUT2D eigenvalue weighted by Gasteiger charge is 2.31. The number of rotatable bonds is 7. The van der Waals surface area contributed by atoms with Gasteiger partial charge >= 0.3 is 0 Å². The van der Waals surface area contributed by atoms with E-state index >= 15 is 0 Å². The van der Waals surface area contributed by atoms with Crippen molar-refractivity contribution in [3.05, 3.63) is 35.6 Å². The zero-order chi connectivity index (χ0) is 17.3. The molecule has 0 aromatic heterocycles. The van der Waals surface area contributed by atoms with Crippen molar-refractivity contribution in [1.82, 2.24) is 10.6 Å². The van der Waals surface area contributed by atoms with Crippen LogP contribution in [0.25, 0.3) is 0 Å². The molecule has 0 spiro atoms. The largest absolute Gasteiger partial charge is 0.381 e. The Labute approximate surface area is 171 Å². The van der Waals surface area contributed by atoms with E-state index in [1.54, 1.807) is 0 Å². The fourth-order valence-electron chi connectivity index (χ4n) is 2.71. The maximum absolute atomic E-state index is 12.9. The lowest BCUT2D eigenvalue weighted by Crippen LogP contribution is -2.41. The number of guanidine groups is 1. The molecule has 1 aromatic carbocycles. The van der Waals surface area contributed by atoms with Gasteiger partial charge in [-0.15, -0.1) is 24.0 Å². The van der Waals surface area contributed by atoms with Gasteiger partial charge in [-0.25, -0.2) is 4.39 Å². The minimum Gasteiger partial charge on any atom is -0.381 e. The molecule has 1 heterocycles. The number of thioether (sulfide) groups is 1. The number of ether oxygens (including phenoxy) is 1. The summed E-state index contributed by atoms with van der Waals surface area (Å²) in [5.74, 6) is 0.653. The normalized spacial score (nSPS) is 16.8. The number of nitrogens with one attached hydrogen (secondary N) is 2. The molecule has 1 saturated heterocycles. The number of aliphatic imine (C=N–C) groups is 1. The number of nitrogens with zero attached hydrogens (tertiary/aromatic N) is 1. The number of halogens is 2. The molecule has 0 unspecified atom stereocenters. The van der Waals surface area contributed by atoms with Gasteiger partial charge in [0.25, 0.3) is 0 Å². The molecule has 7 heteroatoms. The number of hydrogen-bond acceptors (Lipinski definition) is 3. The van der Waals surface area contributed by atoms with Crippen LogP contribution in [0.5, 0.6) is 0 Å². The fourth-order valence-corrected chi connectivity index (χ4v) is 3.48. The van der Waals surface area contributed by atoms with Crippen molar-refractivity contribution in [3.8, 4) is 0 Å². The molecule has 2 rings (SSSR count). The molecule has 0 bridgehead atoms. The summed E-state index contributed by atoms with van der Waals surface area (Å²) in [6.07, 6.45) is 5.10. The minimum absolute atomic E-state index is 0. The van der Waals surface area contributed by atoms with Crippen molar-refractivity contribution < 1.29 is 9.13 Å². The Bertz CT molecular complexity index is 522. The van der Waals surface area contributed by atoms with Gasteiger partial charge in [0.05, 0.1) is 6.54 Å². The van der Waals surface area contributed by atoms with Gasteiger partial charge in [0.2, 0.25) is 0 Å². The van der Waals surface area contributed by atoms with Crippen LogP contribution in [-0.4, -0.2) is 49.8 Å². The highest BCUT2D eigenvalue weighted by molar-refractivity contribution is 14.0. The molecular weight excluding hydrogens is 452 g/mol. The Hall–Kier alpha value is -0.540. The predicted molar refractivity (Wildman–Crippen MR) is 116 cm³/mol. The number of benzene rings is 1. The van der Waals surface area contributed by atoms with Crippen LogP contribution in [0.4, 0.5) is 4.39 Å². The third kappa shape index (κ3) is 7.70. The van der Waals surface area contributed by atoms with Gasteiger partial charge in [0.15, 0.2) is 5.96 Å². The average Bonchev–Trinajstić information content (AvgIpc) is 2.62. The van der Waals surface area contributed by atoms with E-state index in [9.17, 15) is 4.39 Å². The summed E-state index contributed by atoms with van der Waals surface area (Å²) in [4.78, 5) is 4.78. The van der Waals surface area contributed by atoms with Gasteiger partial charge in [-0.05, 0) is 50.1 Å². The molecule has 0 atom stereocenters. The van der Waals surface area contributed by atoms with Crippen molar-refractivity contribution in [2.75, 3.05) is 39.1 Å². The van der Waals surface area contributed by atoms with E-state index in [0.717, 1.165) is 63.6 Å². The van der Waals surface area contributed by atoms with E-state index < -0.39 is 0 Å². The molecule has 25 heavy (non-hydrogen) atoms. The van der Waals surface area contributed by atoms with E-state index in [4.69, 9.17) is 9.73 Å². The Balaban J connectivity index is 0.00000312. The minimum atomic E-state index is -0.194. The third-order valence-electron chi connectivity index (χ3n) is 4.33. The van der Waals surface area contributed by atoms with Crippen LogP contribution in [0.1, 0.15) is 25.3 Å². The second-order valence-electron chi connectivity index (χ2n) is 6.00. The van der Waals surface area contributed by atoms with Gasteiger partial charge in [-0.1, -0.05) is 12.1 Å². The molecule has 1 aromatic rings. The van der Waals surface area contributed by atoms with Gasteiger partial charge in [-0.2, -0.15) is 11.8 Å². The molecule has 0 saturated carbocycles. The smallest absolute Gasteiger partial charge is 0.191 e. The molecule has 0 radical (unpaired) electrons. The Morgan fingerprint density at radius 2 is 1.92 bits per heavy atom. The van der Waals surface area contributed by atoms with E-state index in [1.807, 2.05) is 23.9 Å². The molecule has 1 aliphatic heterocycles. The Morgan fingerprint density at radius 3 is 2.52 bits per heavy atom. The van der Waals surface area contributed by atoms with Gasteiger partial charge in [0, 0.05) is 31.1 Å². The zero-order valence-corrected chi connectivity index (χ0v) is 18.2. The van der Waals surface area contributed by atoms with Crippen molar-refractivity contribution in [3.63, 3.8) is 0 Å². The third-order valence-corrected chi connectivity index (χ3v) is 5.73. The van der Waals surface area contributed by atoms with Crippen LogP contribution in [0.2, 0.25) is 0 Å². The summed E-state index contributed by atoms with van der Waals surface area (Å²) in [5.41, 5.74) is 1.12. The molecule has 2 N–H and O–H groups in total. The van der Waals surface area contributed by atoms with Crippen LogP contribution < -0.4 is 10.6 Å². The first kappa shape index (κ1) is 22.5. The zero-order valence-electron chi connectivity index (χ0n) is 15.0. The van der Waals surface area contributed by atoms with Crippen LogP contribution in [0, 0.1) is 5.82 Å². The fraction of sp³-hybridized carbons (Fsp3) is 0.611. The predicted octanol–water partition coefficient (Wildman–Crippen LogP) is 3.45. The molecule has 0 amide bonds.